The van der Waals surface area contributed by atoms with Crippen molar-refractivity contribution in [3.8, 4) is 0 Å². The maximum atomic E-state index is 12.3. The van der Waals surface area contributed by atoms with Gasteiger partial charge in [-0.3, -0.25) is 4.79 Å². The third-order valence-electron chi connectivity index (χ3n) is 3.84. The van der Waals surface area contributed by atoms with E-state index in [0.717, 1.165) is 12.0 Å². The molecule has 0 aliphatic heterocycles. The van der Waals surface area contributed by atoms with Crippen LogP contribution >= 0.6 is 0 Å². The summed E-state index contributed by atoms with van der Waals surface area (Å²) < 4.78 is 22.8. The van der Waals surface area contributed by atoms with Gasteiger partial charge in [-0.1, -0.05) is 49.4 Å². The highest BCUT2D eigenvalue weighted by molar-refractivity contribution is 7.89. The second-order valence-corrected chi connectivity index (χ2v) is 8.18. The molecule has 1 atom stereocenters. The Kier molecular flexibility index (Phi) is 6.15. The molecule has 1 N–H and O–H groups in total. The van der Waals surface area contributed by atoms with Crippen LogP contribution in [-0.4, -0.2) is 20.6 Å². The molecule has 4 nitrogen and oxygen atoms in total. The van der Waals surface area contributed by atoms with E-state index < -0.39 is 9.84 Å². The molecule has 0 aliphatic rings. The molecule has 0 saturated heterocycles. The average Bonchev–Trinajstić information content (AvgIpc) is 2.52. The van der Waals surface area contributed by atoms with E-state index in [4.69, 9.17) is 0 Å². The van der Waals surface area contributed by atoms with Crippen LogP contribution in [0.15, 0.2) is 54.6 Å². The normalized spacial score (nSPS) is 12.6. The third kappa shape index (κ3) is 5.81. The van der Waals surface area contributed by atoms with Crippen molar-refractivity contribution in [3.63, 3.8) is 0 Å². The van der Waals surface area contributed by atoms with Crippen molar-refractivity contribution in [1.29, 1.82) is 0 Å². The van der Waals surface area contributed by atoms with Gasteiger partial charge in [0, 0.05) is 18.4 Å². The number of carbonyl (C=O) groups excluding carboxylic acids is 1. The molecule has 2 aromatic carbocycles. The van der Waals surface area contributed by atoms with Gasteiger partial charge in [0.1, 0.15) is 0 Å². The molecule has 5 heteroatoms. The molecular formula is C19H23NO3S. The minimum absolute atomic E-state index is 0.0295. The first kappa shape index (κ1) is 18.2. The van der Waals surface area contributed by atoms with Gasteiger partial charge in [0.25, 0.3) is 0 Å². The van der Waals surface area contributed by atoms with E-state index in [1.165, 1.54) is 6.26 Å². The number of hydrogen-bond donors (Lipinski definition) is 1. The van der Waals surface area contributed by atoms with Gasteiger partial charge in [0.05, 0.1) is 5.75 Å². The zero-order valence-electron chi connectivity index (χ0n) is 14.0. The van der Waals surface area contributed by atoms with Crippen LogP contribution in [0.5, 0.6) is 0 Å². The molecule has 0 heterocycles. The molecular weight excluding hydrogens is 322 g/mol. The monoisotopic (exact) mass is 345 g/mol. The zero-order valence-corrected chi connectivity index (χ0v) is 14.8. The van der Waals surface area contributed by atoms with Crippen LogP contribution in [-0.2, 0) is 20.4 Å². The molecule has 0 bridgehead atoms. The first-order valence-electron chi connectivity index (χ1n) is 7.99. The van der Waals surface area contributed by atoms with E-state index in [1.807, 2.05) is 30.3 Å². The van der Waals surface area contributed by atoms with Crippen LogP contribution in [0.4, 0.5) is 5.69 Å². The van der Waals surface area contributed by atoms with Gasteiger partial charge in [-0.15, -0.1) is 0 Å². The molecule has 2 rings (SSSR count). The first-order chi connectivity index (χ1) is 11.4. The molecule has 1 amide bonds. The highest BCUT2D eigenvalue weighted by Gasteiger charge is 2.14. The average molecular weight is 345 g/mol. The minimum Gasteiger partial charge on any atom is -0.326 e. The molecule has 0 radical (unpaired) electrons. The largest absolute Gasteiger partial charge is 0.326 e. The smallest absolute Gasteiger partial charge is 0.224 e. The van der Waals surface area contributed by atoms with Crippen molar-refractivity contribution in [2.45, 2.75) is 31.4 Å². The molecule has 0 spiro atoms. The van der Waals surface area contributed by atoms with Crippen LogP contribution in [0.3, 0.4) is 0 Å². The number of nitrogens with one attached hydrogen (secondary N) is 1. The molecule has 24 heavy (non-hydrogen) atoms. The van der Waals surface area contributed by atoms with Crippen molar-refractivity contribution in [2.75, 3.05) is 11.6 Å². The summed E-state index contributed by atoms with van der Waals surface area (Å²) in [7, 11) is -3.09. The third-order valence-corrected chi connectivity index (χ3v) is 4.69. The Morgan fingerprint density at radius 2 is 1.79 bits per heavy atom. The molecule has 2 aromatic rings. The predicted molar refractivity (Wildman–Crippen MR) is 97.7 cm³/mol. The Hall–Kier alpha value is -2.14. The van der Waals surface area contributed by atoms with Crippen LogP contribution in [0.1, 0.15) is 36.8 Å². The number of anilines is 1. The van der Waals surface area contributed by atoms with Gasteiger partial charge < -0.3 is 5.32 Å². The quantitative estimate of drug-likeness (QED) is 0.831. The van der Waals surface area contributed by atoms with E-state index in [0.29, 0.717) is 17.7 Å². The van der Waals surface area contributed by atoms with Crippen molar-refractivity contribution in [1.82, 2.24) is 0 Å². The summed E-state index contributed by atoms with van der Waals surface area (Å²) in [4.78, 5) is 12.3. The lowest BCUT2D eigenvalue weighted by Crippen LogP contribution is -2.15. The summed E-state index contributed by atoms with van der Waals surface area (Å²) in [5, 5.41) is 2.87. The van der Waals surface area contributed by atoms with Crippen molar-refractivity contribution in [2.24, 2.45) is 0 Å². The van der Waals surface area contributed by atoms with E-state index in [1.54, 1.807) is 24.3 Å². The Labute approximate surface area is 143 Å². The highest BCUT2D eigenvalue weighted by Crippen LogP contribution is 2.23. The van der Waals surface area contributed by atoms with Crippen LogP contribution < -0.4 is 5.32 Å². The van der Waals surface area contributed by atoms with Crippen LogP contribution in [0.2, 0.25) is 0 Å². The first-order valence-corrected chi connectivity index (χ1v) is 10.0. The fraction of sp³-hybridized carbons (Fsp3) is 0.316. The van der Waals surface area contributed by atoms with Gasteiger partial charge in [0.15, 0.2) is 9.84 Å². The second kappa shape index (κ2) is 8.11. The Morgan fingerprint density at radius 1 is 1.08 bits per heavy atom. The summed E-state index contributed by atoms with van der Waals surface area (Å²) in [5.41, 5.74) is 2.45. The van der Waals surface area contributed by atoms with Crippen LogP contribution in [0, 0.1) is 0 Å². The number of sulfone groups is 1. The van der Waals surface area contributed by atoms with Crippen molar-refractivity contribution in [3.05, 3.63) is 65.7 Å². The van der Waals surface area contributed by atoms with Crippen molar-refractivity contribution < 1.29 is 13.2 Å². The lowest BCUT2D eigenvalue weighted by atomic mass is 9.93. The maximum absolute atomic E-state index is 12.3. The highest BCUT2D eigenvalue weighted by atomic mass is 32.2. The minimum atomic E-state index is -3.09. The maximum Gasteiger partial charge on any atom is 0.224 e. The summed E-state index contributed by atoms with van der Waals surface area (Å²) in [6, 6.07) is 17.0. The Morgan fingerprint density at radius 3 is 2.42 bits per heavy atom. The van der Waals surface area contributed by atoms with Crippen LogP contribution in [0.25, 0.3) is 0 Å². The fourth-order valence-electron chi connectivity index (χ4n) is 2.70. The topological polar surface area (TPSA) is 63.2 Å². The lowest BCUT2D eigenvalue weighted by Gasteiger charge is -2.15. The second-order valence-electron chi connectivity index (χ2n) is 6.04. The van der Waals surface area contributed by atoms with Gasteiger partial charge in [-0.05, 0) is 35.6 Å². The fourth-order valence-corrected chi connectivity index (χ4v) is 3.49. The zero-order chi connectivity index (χ0) is 17.6. The van der Waals surface area contributed by atoms with E-state index in [9.17, 15) is 13.2 Å². The summed E-state index contributed by atoms with van der Waals surface area (Å²) >= 11 is 0. The van der Waals surface area contributed by atoms with Crippen molar-refractivity contribution >= 4 is 21.4 Å². The number of carbonyl (C=O) groups is 1. The Balaban J connectivity index is 2.03. The van der Waals surface area contributed by atoms with E-state index in [-0.39, 0.29) is 17.6 Å². The summed E-state index contributed by atoms with van der Waals surface area (Å²) in [5.74, 6) is 0.0748. The number of benzene rings is 2. The number of amides is 1. The molecule has 128 valence electrons. The van der Waals surface area contributed by atoms with E-state index >= 15 is 0 Å². The predicted octanol–water partition coefficient (Wildman–Crippen LogP) is 3.75. The summed E-state index contributed by atoms with van der Waals surface area (Å²) in [6.45, 7) is 2.07. The van der Waals surface area contributed by atoms with E-state index in [2.05, 4.69) is 12.2 Å². The molecule has 0 fully saturated rings. The number of rotatable bonds is 7. The van der Waals surface area contributed by atoms with Gasteiger partial charge in [-0.2, -0.15) is 0 Å². The standard InChI is InChI=1S/C19H23NO3S/c1-3-16(17-9-5-4-6-10-17)13-19(21)20-18-11-7-8-15(12-18)14-24(2,22)23/h4-12,16H,3,13-14H2,1-2H3,(H,20,21)/t16-/m0/s1. The van der Waals surface area contributed by atoms with Gasteiger partial charge in [-0.25, -0.2) is 8.42 Å². The SMILES string of the molecule is CC[C@@H](CC(=O)Nc1cccc(CS(C)(=O)=O)c1)c1ccccc1. The number of hydrogen-bond acceptors (Lipinski definition) is 3. The van der Waals surface area contributed by atoms with Gasteiger partial charge in [0.2, 0.25) is 5.91 Å². The van der Waals surface area contributed by atoms with Gasteiger partial charge >= 0.3 is 0 Å². The molecule has 0 unspecified atom stereocenters. The molecule has 0 aromatic heterocycles. The molecule has 0 aliphatic carbocycles. The Bertz CT molecular complexity index is 785. The summed E-state index contributed by atoms with van der Waals surface area (Å²) in [6.07, 6.45) is 2.48. The molecule has 0 saturated carbocycles. The lowest BCUT2D eigenvalue weighted by molar-refractivity contribution is -0.116.